The molecule has 4 heteroatoms. The third-order valence-electron chi connectivity index (χ3n) is 3.72. The zero-order chi connectivity index (χ0) is 17.0. The van der Waals surface area contributed by atoms with Crippen molar-refractivity contribution in [2.45, 2.75) is 71.3 Å². The summed E-state index contributed by atoms with van der Waals surface area (Å²) < 4.78 is 11.2. The lowest BCUT2D eigenvalue weighted by atomic mass is 9.98. The van der Waals surface area contributed by atoms with E-state index in [-0.39, 0.29) is 24.3 Å². The second kappa shape index (κ2) is 7.35. The fourth-order valence-corrected chi connectivity index (χ4v) is 2.74. The molecule has 128 valence electrons. The van der Waals surface area contributed by atoms with Gasteiger partial charge in [0.15, 0.2) is 0 Å². The van der Waals surface area contributed by atoms with Crippen LogP contribution < -0.4 is 5.32 Å². The van der Waals surface area contributed by atoms with Gasteiger partial charge in [-0.25, -0.2) is 4.79 Å². The van der Waals surface area contributed by atoms with Gasteiger partial charge < -0.3 is 14.8 Å². The van der Waals surface area contributed by atoms with Gasteiger partial charge in [-0.1, -0.05) is 44.2 Å². The van der Waals surface area contributed by atoms with E-state index in [9.17, 15) is 4.79 Å². The van der Waals surface area contributed by atoms with E-state index in [1.54, 1.807) is 0 Å². The van der Waals surface area contributed by atoms with Crippen LogP contribution in [0.15, 0.2) is 30.3 Å². The van der Waals surface area contributed by atoms with Gasteiger partial charge in [-0.05, 0) is 45.1 Å². The van der Waals surface area contributed by atoms with Gasteiger partial charge in [-0.3, -0.25) is 0 Å². The van der Waals surface area contributed by atoms with E-state index < -0.39 is 5.60 Å². The number of amides is 1. The molecule has 0 saturated carbocycles. The summed E-state index contributed by atoms with van der Waals surface area (Å²) in [7, 11) is 0. The fraction of sp³-hybridized carbons (Fsp3) is 0.632. The zero-order valence-corrected chi connectivity index (χ0v) is 14.8. The highest BCUT2D eigenvalue weighted by atomic mass is 16.6. The van der Waals surface area contributed by atoms with Gasteiger partial charge in [0.1, 0.15) is 11.7 Å². The SMILES string of the molecule is CC(C)C[C@@H]1O[C@@H]1[C@H](Cc1ccccc1)NC(=O)OC(C)(C)C. The number of alkyl carbamates (subject to hydrolysis) is 1. The summed E-state index contributed by atoms with van der Waals surface area (Å²) in [6.07, 6.45) is 1.70. The lowest BCUT2D eigenvalue weighted by molar-refractivity contribution is 0.0495. The molecule has 1 aliphatic heterocycles. The Morgan fingerprint density at radius 3 is 2.48 bits per heavy atom. The predicted octanol–water partition coefficient (Wildman–Crippen LogP) is 3.94. The number of epoxide rings is 1. The molecule has 1 aromatic rings. The van der Waals surface area contributed by atoms with Crippen molar-refractivity contribution < 1.29 is 14.3 Å². The van der Waals surface area contributed by atoms with Crippen LogP contribution in [0.2, 0.25) is 0 Å². The Kier molecular flexibility index (Phi) is 5.69. The van der Waals surface area contributed by atoms with Crippen LogP contribution in [-0.2, 0) is 15.9 Å². The molecule has 2 rings (SSSR count). The van der Waals surface area contributed by atoms with Gasteiger partial charge in [0, 0.05) is 0 Å². The Morgan fingerprint density at radius 1 is 1.26 bits per heavy atom. The molecule has 1 aliphatic rings. The average molecular weight is 319 g/mol. The second-order valence-corrected chi connectivity index (χ2v) is 7.71. The number of carbonyl (C=O) groups is 1. The first kappa shape index (κ1) is 17.8. The lowest BCUT2D eigenvalue weighted by Crippen LogP contribution is -2.43. The molecule has 0 radical (unpaired) electrons. The van der Waals surface area contributed by atoms with E-state index in [1.165, 1.54) is 5.56 Å². The number of carbonyl (C=O) groups excluding carboxylic acids is 1. The molecule has 1 aromatic carbocycles. The number of benzene rings is 1. The summed E-state index contributed by atoms with van der Waals surface area (Å²) in [5.41, 5.74) is 0.690. The molecule has 1 heterocycles. The second-order valence-electron chi connectivity index (χ2n) is 7.71. The van der Waals surface area contributed by atoms with Crippen molar-refractivity contribution in [3.05, 3.63) is 35.9 Å². The third kappa shape index (κ3) is 6.22. The first-order valence-electron chi connectivity index (χ1n) is 8.43. The molecule has 1 saturated heterocycles. The first-order valence-corrected chi connectivity index (χ1v) is 8.43. The molecule has 0 unspecified atom stereocenters. The van der Waals surface area contributed by atoms with Crippen LogP contribution in [-0.4, -0.2) is 29.9 Å². The van der Waals surface area contributed by atoms with E-state index in [0.29, 0.717) is 5.92 Å². The molecule has 1 fully saturated rings. The monoisotopic (exact) mass is 319 g/mol. The predicted molar refractivity (Wildman–Crippen MR) is 91.4 cm³/mol. The fourth-order valence-electron chi connectivity index (χ4n) is 2.74. The largest absolute Gasteiger partial charge is 0.444 e. The minimum absolute atomic E-state index is 0.0593. The summed E-state index contributed by atoms with van der Waals surface area (Å²) >= 11 is 0. The Hall–Kier alpha value is -1.55. The van der Waals surface area contributed by atoms with Crippen LogP contribution in [0.4, 0.5) is 4.79 Å². The Bertz CT molecular complexity index is 507. The molecule has 4 nitrogen and oxygen atoms in total. The summed E-state index contributed by atoms with van der Waals surface area (Å²) in [6.45, 7) is 9.98. The number of nitrogens with one attached hydrogen (secondary N) is 1. The average Bonchev–Trinajstić information content (AvgIpc) is 3.15. The number of ether oxygens (including phenoxy) is 2. The van der Waals surface area contributed by atoms with Gasteiger partial charge >= 0.3 is 6.09 Å². The minimum atomic E-state index is -0.497. The molecular formula is C19H29NO3. The van der Waals surface area contributed by atoms with Crippen LogP contribution in [0.1, 0.15) is 46.6 Å². The van der Waals surface area contributed by atoms with Crippen molar-refractivity contribution in [2.24, 2.45) is 5.92 Å². The molecule has 0 bridgehead atoms. The van der Waals surface area contributed by atoms with E-state index in [4.69, 9.17) is 9.47 Å². The zero-order valence-electron chi connectivity index (χ0n) is 14.8. The maximum Gasteiger partial charge on any atom is 0.407 e. The van der Waals surface area contributed by atoms with Gasteiger partial charge in [-0.15, -0.1) is 0 Å². The van der Waals surface area contributed by atoms with Gasteiger partial charge in [0.25, 0.3) is 0 Å². The Balaban J connectivity index is 1.99. The standard InChI is InChI=1S/C19H29NO3/c1-13(2)11-16-17(22-16)15(12-14-9-7-6-8-10-14)20-18(21)23-19(3,4)5/h6-10,13,15-17H,11-12H2,1-5H3,(H,20,21)/t15-,16-,17+/m0/s1. The van der Waals surface area contributed by atoms with Crippen LogP contribution in [0.3, 0.4) is 0 Å². The van der Waals surface area contributed by atoms with Gasteiger partial charge in [-0.2, -0.15) is 0 Å². The normalized spacial score (nSPS) is 21.8. The van der Waals surface area contributed by atoms with E-state index in [1.807, 2.05) is 39.0 Å². The van der Waals surface area contributed by atoms with Crippen LogP contribution >= 0.6 is 0 Å². The summed E-state index contributed by atoms with van der Waals surface area (Å²) in [6, 6.07) is 10.1. The molecule has 0 aromatic heterocycles. The van der Waals surface area contributed by atoms with Gasteiger partial charge in [0.2, 0.25) is 0 Å². The van der Waals surface area contributed by atoms with Crippen molar-refractivity contribution in [1.29, 1.82) is 0 Å². The lowest BCUT2D eigenvalue weighted by Gasteiger charge is -2.23. The molecule has 1 N–H and O–H groups in total. The van der Waals surface area contributed by atoms with E-state index in [2.05, 4.69) is 31.3 Å². The van der Waals surface area contributed by atoms with Crippen LogP contribution in [0.5, 0.6) is 0 Å². The van der Waals surface area contributed by atoms with Gasteiger partial charge in [0.05, 0.1) is 12.1 Å². The quantitative estimate of drug-likeness (QED) is 0.808. The summed E-state index contributed by atoms with van der Waals surface area (Å²) in [5.74, 6) is 0.587. The first-order chi connectivity index (χ1) is 10.7. The van der Waals surface area contributed by atoms with Crippen molar-refractivity contribution in [2.75, 3.05) is 0 Å². The molecule has 0 spiro atoms. The van der Waals surface area contributed by atoms with Crippen molar-refractivity contribution in [3.8, 4) is 0 Å². The molecule has 23 heavy (non-hydrogen) atoms. The maximum atomic E-state index is 12.1. The highest BCUT2D eigenvalue weighted by molar-refractivity contribution is 5.68. The van der Waals surface area contributed by atoms with Crippen LogP contribution in [0.25, 0.3) is 0 Å². The Morgan fingerprint density at radius 2 is 1.91 bits per heavy atom. The van der Waals surface area contributed by atoms with Crippen LogP contribution in [0, 0.1) is 5.92 Å². The minimum Gasteiger partial charge on any atom is -0.444 e. The maximum absolute atomic E-state index is 12.1. The molecular weight excluding hydrogens is 290 g/mol. The molecule has 0 aliphatic carbocycles. The summed E-state index contributed by atoms with van der Waals surface area (Å²) in [4.78, 5) is 12.1. The Labute approximate surface area is 139 Å². The highest BCUT2D eigenvalue weighted by Gasteiger charge is 2.45. The number of hydrogen-bond donors (Lipinski definition) is 1. The molecule has 3 atom stereocenters. The topological polar surface area (TPSA) is 50.9 Å². The smallest absolute Gasteiger partial charge is 0.407 e. The van der Waals surface area contributed by atoms with Crippen molar-refractivity contribution >= 4 is 6.09 Å². The molecule has 1 amide bonds. The van der Waals surface area contributed by atoms with E-state index in [0.717, 1.165) is 12.8 Å². The van der Waals surface area contributed by atoms with Crippen molar-refractivity contribution in [1.82, 2.24) is 5.32 Å². The highest BCUT2D eigenvalue weighted by Crippen LogP contribution is 2.32. The third-order valence-corrected chi connectivity index (χ3v) is 3.72. The summed E-state index contributed by atoms with van der Waals surface area (Å²) in [5, 5.41) is 3.00. The van der Waals surface area contributed by atoms with E-state index >= 15 is 0 Å². The van der Waals surface area contributed by atoms with Crippen molar-refractivity contribution in [3.63, 3.8) is 0 Å². The number of hydrogen-bond acceptors (Lipinski definition) is 3. The number of rotatable bonds is 6.